The molecule has 144 valence electrons. The van der Waals surface area contributed by atoms with Crippen molar-refractivity contribution in [1.29, 1.82) is 0 Å². The van der Waals surface area contributed by atoms with E-state index < -0.39 is 17.9 Å². The number of nitrogens with one attached hydrogen (secondary N) is 3. The Kier molecular flexibility index (Phi) is 5.76. The van der Waals surface area contributed by atoms with E-state index in [2.05, 4.69) is 16.2 Å². The maximum Gasteiger partial charge on any atom is 0.262 e. The molecule has 1 unspecified atom stereocenters. The lowest BCUT2D eigenvalue weighted by Gasteiger charge is -2.21. The highest BCUT2D eigenvalue weighted by Crippen LogP contribution is 2.24. The molecule has 1 heterocycles. The summed E-state index contributed by atoms with van der Waals surface area (Å²) >= 11 is 5.07. The molecule has 3 rings (SSSR count). The molecule has 0 fully saturated rings. The van der Waals surface area contributed by atoms with Crippen LogP contribution in [-0.4, -0.2) is 40.2 Å². The molecule has 0 saturated carbocycles. The number of carbonyl (C=O) groups excluding carboxylic acids is 3. The Morgan fingerprint density at radius 3 is 2.21 bits per heavy atom. The highest BCUT2D eigenvalue weighted by molar-refractivity contribution is 7.80. The topological polar surface area (TPSA) is 90.5 Å². The van der Waals surface area contributed by atoms with Crippen LogP contribution >= 0.6 is 12.2 Å². The van der Waals surface area contributed by atoms with Crippen molar-refractivity contribution in [2.24, 2.45) is 0 Å². The molecule has 2 amide bonds. The van der Waals surface area contributed by atoms with Crippen LogP contribution in [0.5, 0.6) is 0 Å². The maximum atomic E-state index is 12.9. The molecule has 1 aliphatic heterocycles. The number of hydrogen-bond donors (Lipinski definition) is 3. The smallest absolute Gasteiger partial charge is 0.262 e. The molecule has 0 bridgehead atoms. The summed E-state index contributed by atoms with van der Waals surface area (Å²) in [4.78, 5) is 38.2. The van der Waals surface area contributed by atoms with Crippen molar-refractivity contribution in [3.63, 3.8) is 0 Å². The number of rotatable bonds is 6. The minimum atomic E-state index is -0.930. The number of thiocarbonyl (C=S) groups is 1. The fourth-order valence-corrected chi connectivity index (χ4v) is 2.95. The van der Waals surface area contributed by atoms with E-state index in [-0.39, 0.29) is 23.3 Å². The summed E-state index contributed by atoms with van der Waals surface area (Å²) in [5.41, 5.74) is 6.44. The average Bonchev–Trinajstić information content (AvgIpc) is 2.94. The van der Waals surface area contributed by atoms with E-state index in [4.69, 9.17) is 12.2 Å². The molecule has 0 spiro atoms. The summed E-state index contributed by atoms with van der Waals surface area (Å²) in [6.07, 6.45) is 0. The van der Waals surface area contributed by atoms with Gasteiger partial charge in [0.25, 0.3) is 11.8 Å². The fourth-order valence-electron chi connectivity index (χ4n) is 2.76. The summed E-state index contributed by atoms with van der Waals surface area (Å²) in [5, 5.41) is 2.99. The number of ketones is 1. The Morgan fingerprint density at radius 1 is 1.07 bits per heavy atom. The minimum Gasteiger partial charge on any atom is -0.332 e. The van der Waals surface area contributed by atoms with Crippen LogP contribution in [0.3, 0.4) is 0 Å². The molecular weight excluding hydrogens is 383 g/mol. The van der Waals surface area contributed by atoms with Gasteiger partial charge in [-0.15, -0.1) is 0 Å². The molecule has 2 aromatic carbocycles. The molecule has 0 radical (unpaired) electrons. The molecule has 0 saturated heterocycles. The van der Waals surface area contributed by atoms with Crippen molar-refractivity contribution in [2.75, 3.05) is 11.9 Å². The van der Waals surface area contributed by atoms with Crippen molar-refractivity contribution >= 4 is 40.6 Å². The number of hydrogen-bond acceptors (Lipinski definition) is 5. The largest absolute Gasteiger partial charge is 0.332 e. The quantitative estimate of drug-likeness (QED) is 0.387. The van der Waals surface area contributed by atoms with E-state index in [0.717, 1.165) is 4.90 Å². The van der Waals surface area contributed by atoms with Gasteiger partial charge in [0.05, 0.1) is 23.7 Å². The second kappa shape index (κ2) is 8.24. The first-order chi connectivity index (χ1) is 13.4. The van der Waals surface area contributed by atoms with Crippen LogP contribution in [0.25, 0.3) is 0 Å². The lowest BCUT2D eigenvalue weighted by atomic mass is 10.1. The van der Waals surface area contributed by atoms with Gasteiger partial charge in [-0.25, -0.2) is 9.82 Å². The Labute approximate surface area is 165 Å². The molecule has 28 heavy (non-hydrogen) atoms. The van der Waals surface area contributed by atoms with Gasteiger partial charge in [-0.2, -0.15) is 0 Å². The van der Waals surface area contributed by atoms with Crippen LogP contribution in [-0.2, 0) is 4.79 Å². The Balaban J connectivity index is 1.51. The van der Waals surface area contributed by atoms with E-state index in [9.17, 15) is 18.8 Å². The lowest BCUT2D eigenvalue weighted by Crippen LogP contribution is -2.49. The van der Waals surface area contributed by atoms with E-state index in [1.165, 1.54) is 31.2 Å². The SMILES string of the molecule is CC(C(=O)CNNC(=S)Nc1ccc(F)cc1)N1C(=O)c2ccccc2C1=O. The van der Waals surface area contributed by atoms with E-state index in [1.54, 1.807) is 24.3 Å². The summed E-state index contributed by atoms with van der Waals surface area (Å²) in [6.45, 7) is 1.33. The average molecular weight is 400 g/mol. The Bertz CT molecular complexity index is 913. The number of carbonyl (C=O) groups is 3. The third-order valence-corrected chi connectivity index (χ3v) is 4.45. The van der Waals surface area contributed by atoms with Crippen LogP contribution < -0.4 is 16.2 Å². The van der Waals surface area contributed by atoms with Gasteiger partial charge in [-0.1, -0.05) is 12.1 Å². The van der Waals surface area contributed by atoms with Gasteiger partial charge < -0.3 is 5.32 Å². The fraction of sp³-hybridized carbons (Fsp3) is 0.158. The van der Waals surface area contributed by atoms with Crippen molar-refractivity contribution in [2.45, 2.75) is 13.0 Å². The number of hydrazine groups is 1. The number of imide groups is 1. The number of nitrogens with zero attached hydrogens (tertiary/aromatic N) is 1. The summed E-state index contributed by atoms with van der Waals surface area (Å²) in [5.74, 6) is -1.70. The number of benzene rings is 2. The number of Topliss-reactive ketones (excluding diaryl/α,β-unsaturated/α-hetero) is 1. The molecule has 1 atom stereocenters. The third-order valence-electron chi connectivity index (χ3n) is 4.25. The number of anilines is 1. The van der Waals surface area contributed by atoms with E-state index in [0.29, 0.717) is 16.8 Å². The molecular formula is C19H17FN4O3S. The number of fused-ring (bicyclic) bond motifs is 1. The summed E-state index contributed by atoms with van der Waals surface area (Å²) < 4.78 is 12.9. The predicted molar refractivity (Wildman–Crippen MR) is 105 cm³/mol. The van der Waals surface area contributed by atoms with Crippen molar-refractivity contribution in [3.8, 4) is 0 Å². The summed E-state index contributed by atoms with van der Waals surface area (Å²) in [7, 11) is 0. The van der Waals surface area contributed by atoms with Crippen LogP contribution in [0.15, 0.2) is 48.5 Å². The molecule has 3 N–H and O–H groups in total. The van der Waals surface area contributed by atoms with Crippen LogP contribution in [0.4, 0.5) is 10.1 Å². The van der Waals surface area contributed by atoms with Gasteiger partial charge >= 0.3 is 0 Å². The first-order valence-electron chi connectivity index (χ1n) is 8.43. The first kappa shape index (κ1) is 19.6. The maximum absolute atomic E-state index is 12.9. The van der Waals surface area contributed by atoms with Crippen molar-refractivity contribution in [1.82, 2.24) is 15.8 Å². The van der Waals surface area contributed by atoms with Gasteiger partial charge in [0.1, 0.15) is 5.82 Å². The van der Waals surface area contributed by atoms with Gasteiger partial charge in [0, 0.05) is 5.69 Å². The first-order valence-corrected chi connectivity index (χ1v) is 8.84. The Morgan fingerprint density at radius 2 is 1.64 bits per heavy atom. The number of halogens is 1. The standard InChI is InChI=1S/C19H17FN4O3S/c1-11(24-17(26)14-4-2-3-5-15(14)18(24)27)16(25)10-21-23-19(28)22-13-8-6-12(20)7-9-13/h2-9,11,21H,10H2,1H3,(H2,22,23,28). The van der Waals surface area contributed by atoms with Gasteiger partial charge in [0.15, 0.2) is 10.9 Å². The molecule has 9 heteroatoms. The molecule has 2 aromatic rings. The second-order valence-electron chi connectivity index (χ2n) is 6.11. The predicted octanol–water partition coefficient (Wildman–Crippen LogP) is 1.87. The lowest BCUT2D eigenvalue weighted by molar-refractivity contribution is -0.121. The molecule has 0 aliphatic carbocycles. The van der Waals surface area contributed by atoms with Crippen molar-refractivity contribution in [3.05, 3.63) is 65.5 Å². The van der Waals surface area contributed by atoms with Crippen LogP contribution in [0, 0.1) is 5.82 Å². The van der Waals surface area contributed by atoms with Crippen LogP contribution in [0.1, 0.15) is 27.6 Å². The van der Waals surface area contributed by atoms with Gasteiger partial charge in [-0.3, -0.25) is 24.7 Å². The normalized spacial score (nSPS) is 13.9. The zero-order valence-electron chi connectivity index (χ0n) is 14.9. The van der Waals surface area contributed by atoms with E-state index >= 15 is 0 Å². The zero-order valence-corrected chi connectivity index (χ0v) is 15.7. The Hall–Kier alpha value is -3.17. The highest BCUT2D eigenvalue weighted by Gasteiger charge is 2.40. The molecule has 7 nitrogen and oxygen atoms in total. The summed E-state index contributed by atoms with van der Waals surface area (Å²) in [6, 6.07) is 11.1. The van der Waals surface area contributed by atoms with E-state index in [1.807, 2.05) is 0 Å². The molecule has 1 aliphatic rings. The monoisotopic (exact) mass is 400 g/mol. The zero-order chi connectivity index (χ0) is 20.3. The van der Waals surface area contributed by atoms with Gasteiger partial charge in [0.2, 0.25) is 0 Å². The molecule has 0 aromatic heterocycles. The minimum absolute atomic E-state index is 0.167. The second-order valence-corrected chi connectivity index (χ2v) is 6.52. The number of amides is 2. The van der Waals surface area contributed by atoms with Crippen LogP contribution in [0.2, 0.25) is 0 Å². The third kappa shape index (κ3) is 4.05. The van der Waals surface area contributed by atoms with Crippen molar-refractivity contribution < 1.29 is 18.8 Å². The highest BCUT2D eigenvalue weighted by atomic mass is 32.1. The van der Waals surface area contributed by atoms with Gasteiger partial charge in [-0.05, 0) is 55.5 Å².